The average Bonchev–Trinajstić information content (AvgIpc) is 3.06. The first-order valence-electron chi connectivity index (χ1n) is 8.70. The molecule has 0 spiro atoms. The van der Waals surface area contributed by atoms with Crippen LogP contribution in [0.4, 0.5) is 5.13 Å². The number of anilines is 1. The molecule has 3 aromatic rings. The van der Waals surface area contributed by atoms with E-state index in [-0.39, 0.29) is 18.3 Å². The number of amides is 1. The molecule has 150 valence electrons. The third-order valence-electron chi connectivity index (χ3n) is 4.26. The molecule has 0 aliphatic rings. The van der Waals surface area contributed by atoms with Crippen molar-refractivity contribution in [1.82, 2.24) is 9.88 Å². The van der Waals surface area contributed by atoms with Gasteiger partial charge in [-0.05, 0) is 56.4 Å². The van der Waals surface area contributed by atoms with Crippen LogP contribution in [0, 0.1) is 0 Å². The van der Waals surface area contributed by atoms with Crippen molar-refractivity contribution < 1.29 is 4.79 Å². The van der Waals surface area contributed by atoms with Crippen LogP contribution in [0.5, 0.6) is 0 Å². The standard InChI is InChI=1S/C20H21Cl2N3OS.ClH/c1-4-13-5-8-17-18(11-13)27-20(23-17)25(10-9-24(2)3)19(26)15-12-14(21)6-7-16(15)22;/h5-8,11-12H,4,9-10H2,1-3H3;1H. The van der Waals surface area contributed by atoms with Crippen LogP contribution in [0.15, 0.2) is 36.4 Å². The summed E-state index contributed by atoms with van der Waals surface area (Å²) in [6.45, 7) is 3.34. The van der Waals surface area contributed by atoms with Gasteiger partial charge in [0.1, 0.15) is 0 Å². The van der Waals surface area contributed by atoms with E-state index >= 15 is 0 Å². The number of carbonyl (C=O) groups is 1. The summed E-state index contributed by atoms with van der Waals surface area (Å²) in [6, 6.07) is 11.2. The minimum Gasteiger partial charge on any atom is -0.308 e. The molecular weight excluding hydrogens is 437 g/mol. The zero-order chi connectivity index (χ0) is 19.6. The minimum absolute atomic E-state index is 0. The van der Waals surface area contributed by atoms with E-state index in [2.05, 4.69) is 19.1 Å². The van der Waals surface area contributed by atoms with E-state index in [1.54, 1.807) is 23.1 Å². The molecule has 0 saturated heterocycles. The highest BCUT2D eigenvalue weighted by Gasteiger charge is 2.23. The Morgan fingerprint density at radius 3 is 2.54 bits per heavy atom. The maximum Gasteiger partial charge on any atom is 0.261 e. The number of hydrogen-bond acceptors (Lipinski definition) is 4. The van der Waals surface area contributed by atoms with E-state index in [1.807, 2.05) is 25.1 Å². The Bertz CT molecular complexity index is 974. The summed E-state index contributed by atoms with van der Waals surface area (Å²) in [4.78, 5) is 21.7. The number of fused-ring (bicyclic) bond motifs is 1. The van der Waals surface area contributed by atoms with Crippen LogP contribution in [0.25, 0.3) is 10.2 Å². The summed E-state index contributed by atoms with van der Waals surface area (Å²) in [7, 11) is 3.95. The minimum atomic E-state index is -0.195. The number of benzene rings is 2. The zero-order valence-electron chi connectivity index (χ0n) is 15.9. The van der Waals surface area contributed by atoms with Crippen molar-refractivity contribution in [3.8, 4) is 0 Å². The predicted octanol–water partition coefficient (Wildman–Crippen LogP) is 5.80. The van der Waals surface area contributed by atoms with Gasteiger partial charge in [-0.15, -0.1) is 12.4 Å². The predicted molar refractivity (Wildman–Crippen MR) is 123 cm³/mol. The highest BCUT2D eigenvalue weighted by atomic mass is 35.5. The number of nitrogens with zero attached hydrogens (tertiary/aromatic N) is 3. The number of carbonyl (C=O) groups excluding carboxylic acids is 1. The summed E-state index contributed by atoms with van der Waals surface area (Å²) in [6.07, 6.45) is 0.963. The van der Waals surface area contributed by atoms with Crippen molar-refractivity contribution in [3.63, 3.8) is 0 Å². The first kappa shape index (κ1) is 22.9. The third kappa shape index (κ3) is 5.16. The van der Waals surface area contributed by atoms with Crippen LogP contribution in [-0.2, 0) is 6.42 Å². The van der Waals surface area contributed by atoms with E-state index in [4.69, 9.17) is 28.2 Å². The van der Waals surface area contributed by atoms with Crippen LogP contribution >= 0.6 is 46.9 Å². The fourth-order valence-corrected chi connectivity index (χ4v) is 4.11. The molecular formula is C20H22Cl3N3OS. The zero-order valence-corrected chi connectivity index (χ0v) is 19.1. The largest absolute Gasteiger partial charge is 0.308 e. The number of likely N-dealkylation sites (N-methyl/N-ethyl adjacent to an activating group) is 1. The molecule has 0 atom stereocenters. The molecule has 0 saturated carbocycles. The Labute approximate surface area is 185 Å². The van der Waals surface area contributed by atoms with Crippen molar-refractivity contribution >= 4 is 68.2 Å². The highest BCUT2D eigenvalue weighted by Crippen LogP contribution is 2.32. The molecule has 0 radical (unpaired) electrons. The van der Waals surface area contributed by atoms with Crippen molar-refractivity contribution in [1.29, 1.82) is 0 Å². The molecule has 0 bridgehead atoms. The van der Waals surface area contributed by atoms with Gasteiger partial charge in [-0.1, -0.05) is 47.5 Å². The summed E-state index contributed by atoms with van der Waals surface area (Å²) in [5.74, 6) is -0.195. The Balaban J connectivity index is 0.00000280. The van der Waals surface area contributed by atoms with Gasteiger partial charge in [-0.2, -0.15) is 0 Å². The van der Waals surface area contributed by atoms with Crippen molar-refractivity contribution in [3.05, 3.63) is 57.6 Å². The summed E-state index contributed by atoms with van der Waals surface area (Å²) in [5, 5.41) is 1.53. The lowest BCUT2D eigenvalue weighted by molar-refractivity contribution is 0.0985. The van der Waals surface area contributed by atoms with E-state index in [0.29, 0.717) is 33.8 Å². The quantitative estimate of drug-likeness (QED) is 0.468. The molecule has 4 nitrogen and oxygen atoms in total. The molecule has 0 fully saturated rings. The van der Waals surface area contributed by atoms with Crippen molar-refractivity contribution in [2.45, 2.75) is 13.3 Å². The van der Waals surface area contributed by atoms with Crippen LogP contribution in [0.3, 0.4) is 0 Å². The third-order valence-corrected chi connectivity index (χ3v) is 5.86. The van der Waals surface area contributed by atoms with Gasteiger partial charge in [-0.3, -0.25) is 9.69 Å². The van der Waals surface area contributed by atoms with Crippen molar-refractivity contribution in [2.75, 3.05) is 32.1 Å². The van der Waals surface area contributed by atoms with Gasteiger partial charge in [0.15, 0.2) is 5.13 Å². The summed E-state index contributed by atoms with van der Waals surface area (Å²) >= 11 is 13.9. The second-order valence-corrected chi connectivity index (χ2v) is 8.39. The van der Waals surface area contributed by atoms with Gasteiger partial charge < -0.3 is 4.90 Å². The van der Waals surface area contributed by atoms with Crippen LogP contribution in [-0.4, -0.2) is 43.0 Å². The number of halogens is 3. The molecule has 0 aliphatic heterocycles. The van der Waals surface area contributed by atoms with Crippen LogP contribution < -0.4 is 4.90 Å². The van der Waals surface area contributed by atoms with Gasteiger partial charge in [-0.25, -0.2) is 4.98 Å². The van der Waals surface area contributed by atoms with Crippen LogP contribution in [0.2, 0.25) is 10.0 Å². The average molecular weight is 459 g/mol. The molecule has 8 heteroatoms. The summed E-state index contributed by atoms with van der Waals surface area (Å²) in [5.41, 5.74) is 2.53. The molecule has 3 rings (SSSR count). The van der Waals surface area contributed by atoms with Gasteiger partial charge in [0.2, 0.25) is 0 Å². The Kier molecular flexibility index (Phi) is 8.10. The maximum absolute atomic E-state index is 13.3. The molecule has 28 heavy (non-hydrogen) atoms. The first-order chi connectivity index (χ1) is 12.9. The van der Waals surface area contributed by atoms with E-state index in [0.717, 1.165) is 16.6 Å². The Hall–Kier alpha value is -1.37. The number of aryl methyl sites for hydroxylation is 1. The normalized spacial score (nSPS) is 10.9. The molecule has 0 aliphatic carbocycles. The van der Waals surface area contributed by atoms with Crippen LogP contribution in [0.1, 0.15) is 22.8 Å². The number of rotatable bonds is 6. The van der Waals surface area contributed by atoms with Gasteiger partial charge in [0, 0.05) is 18.1 Å². The monoisotopic (exact) mass is 457 g/mol. The molecule has 1 heterocycles. The Morgan fingerprint density at radius 2 is 1.86 bits per heavy atom. The van der Waals surface area contributed by atoms with Crippen molar-refractivity contribution in [2.24, 2.45) is 0 Å². The molecule has 2 aromatic carbocycles. The molecule has 0 N–H and O–H groups in total. The van der Waals surface area contributed by atoms with E-state index in [9.17, 15) is 4.79 Å². The number of hydrogen-bond donors (Lipinski definition) is 0. The molecule has 1 aromatic heterocycles. The lowest BCUT2D eigenvalue weighted by Gasteiger charge is -2.22. The van der Waals surface area contributed by atoms with E-state index < -0.39 is 0 Å². The second kappa shape index (κ2) is 9.90. The fraction of sp³-hybridized carbons (Fsp3) is 0.300. The highest BCUT2D eigenvalue weighted by molar-refractivity contribution is 7.22. The van der Waals surface area contributed by atoms with Gasteiger partial charge in [0.25, 0.3) is 5.91 Å². The van der Waals surface area contributed by atoms with Gasteiger partial charge in [0.05, 0.1) is 20.8 Å². The fourth-order valence-electron chi connectivity index (χ4n) is 2.68. The maximum atomic E-state index is 13.3. The SMILES string of the molecule is CCc1ccc2nc(N(CCN(C)C)C(=O)c3cc(Cl)ccc3Cl)sc2c1.Cl. The lowest BCUT2D eigenvalue weighted by atomic mass is 10.2. The smallest absolute Gasteiger partial charge is 0.261 e. The summed E-state index contributed by atoms with van der Waals surface area (Å²) < 4.78 is 1.07. The second-order valence-electron chi connectivity index (χ2n) is 6.54. The first-order valence-corrected chi connectivity index (χ1v) is 10.3. The van der Waals surface area contributed by atoms with Gasteiger partial charge >= 0.3 is 0 Å². The topological polar surface area (TPSA) is 36.4 Å². The number of aromatic nitrogens is 1. The molecule has 0 unspecified atom stereocenters. The Morgan fingerprint density at radius 1 is 1.11 bits per heavy atom. The number of thiazole rings is 1. The molecule has 1 amide bonds. The van der Waals surface area contributed by atoms with E-state index in [1.165, 1.54) is 16.9 Å². The lowest BCUT2D eigenvalue weighted by Crippen LogP contribution is -2.36.